The lowest BCUT2D eigenvalue weighted by atomic mass is 10.0. The number of aliphatic hydroxyl groups is 3. The lowest BCUT2D eigenvalue weighted by Gasteiger charge is -2.38. The average molecular weight is 301 g/mol. The normalized spacial score (nSPS) is 33.9. The van der Waals surface area contributed by atoms with Gasteiger partial charge in [-0.25, -0.2) is 0 Å². The first kappa shape index (κ1) is 15.2. The Morgan fingerprint density at radius 3 is 2.50 bits per heavy atom. The Morgan fingerprint density at radius 2 is 1.85 bits per heavy atom. The van der Waals surface area contributed by atoms with Crippen molar-refractivity contribution < 1.29 is 25.0 Å². The fourth-order valence-electron chi connectivity index (χ4n) is 1.94. The van der Waals surface area contributed by atoms with E-state index >= 15 is 0 Å². The first-order chi connectivity index (χ1) is 9.41. The van der Waals surface area contributed by atoms with Crippen LogP contribution in [0, 0.1) is 10.1 Å². The third-order valence-corrected chi connectivity index (χ3v) is 4.33. The van der Waals surface area contributed by atoms with Gasteiger partial charge in [0.15, 0.2) is 0 Å². The van der Waals surface area contributed by atoms with Crippen LogP contribution < -0.4 is 0 Å². The molecule has 1 aromatic rings. The zero-order valence-electron chi connectivity index (χ0n) is 10.6. The summed E-state index contributed by atoms with van der Waals surface area (Å²) in [4.78, 5) is 10.7. The molecule has 1 saturated heterocycles. The minimum absolute atomic E-state index is 0.0958. The summed E-state index contributed by atoms with van der Waals surface area (Å²) < 4.78 is 5.40. The summed E-state index contributed by atoms with van der Waals surface area (Å²) >= 11 is 0.952. The van der Waals surface area contributed by atoms with Crippen molar-refractivity contribution in [3.8, 4) is 0 Å². The van der Waals surface area contributed by atoms with Gasteiger partial charge in [-0.05, 0) is 13.0 Å². The topological polar surface area (TPSA) is 113 Å². The van der Waals surface area contributed by atoms with E-state index in [1.54, 1.807) is 25.1 Å². The van der Waals surface area contributed by atoms with Crippen LogP contribution in [0.15, 0.2) is 29.2 Å². The number of ether oxygens (including phenoxy) is 1. The quantitative estimate of drug-likeness (QED) is 0.551. The molecule has 20 heavy (non-hydrogen) atoms. The van der Waals surface area contributed by atoms with Gasteiger partial charge >= 0.3 is 0 Å². The van der Waals surface area contributed by atoms with Crippen molar-refractivity contribution >= 4 is 17.4 Å². The summed E-state index contributed by atoms with van der Waals surface area (Å²) in [5.74, 6) is 0. The van der Waals surface area contributed by atoms with Gasteiger partial charge < -0.3 is 20.1 Å². The van der Waals surface area contributed by atoms with Gasteiger partial charge in [0.05, 0.1) is 15.9 Å². The van der Waals surface area contributed by atoms with Crippen LogP contribution in [0.4, 0.5) is 5.69 Å². The van der Waals surface area contributed by atoms with Crippen LogP contribution in [0.2, 0.25) is 0 Å². The van der Waals surface area contributed by atoms with E-state index in [1.807, 2.05) is 0 Å². The number of nitro groups is 1. The van der Waals surface area contributed by atoms with Crippen molar-refractivity contribution in [1.29, 1.82) is 0 Å². The maximum Gasteiger partial charge on any atom is 0.282 e. The number of hydrogen-bond acceptors (Lipinski definition) is 7. The van der Waals surface area contributed by atoms with Crippen LogP contribution in [0.5, 0.6) is 0 Å². The van der Waals surface area contributed by atoms with Gasteiger partial charge in [0.1, 0.15) is 23.7 Å². The largest absolute Gasteiger partial charge is 0.388 e. The number of para-hydroxylation sites is 1. The fraction of sp³-hybridized carbons (Fsp3) is 0.500. The summed E-state index contributed by atoms with van der Waals surface area (Å²) in [7, 11) is 0. The summed E-state index contributed by atoms with van der Waals surface area (Å²) in [5.41, 5.74) is -0.980. The van der Waals surface area contributed by atoms with Crippen molar-refractivity contribution in [1.82, 2.24) is 0 Å². The molecule has 1 aliphatic heterocycles. The Hall–Kier alpha value is -1.19. The van der Waals surface area contributed by atoms with E-state index in [4.69, 9.17) is 4.74 Å². The molecule has 1 heterocycles. The van der Waals surface area contributed by atoms with Gasteiger partial charge in [-0.15, -0.1) is 0 Å². The second kappa shape index (κ2) is 6.06. The molecule has 0 saturated carbocycles. The molecule has 0 unspecified atom stereocenters. The van der Waals surface area contributed by atoms with Gasteiger partial charge in [-0.2, -0.15) is 0 Å². The van der Waals surface area contributed by atoms with Gasteiger partial charge in [0, 0.05) is 6.07 Å². The van der Waals surface area contributed by atoms with E-state index in [0.29, 0.717) is 4.90 Å². The Kier molecular flexibility index (Phi) is 4.61. The highest BCUT2D eigenvalue weighted by Crippen LogP contribution is 2.37. The molecule has 0 aromatic heterocycles. The summed E-state index contributed by atoms with van der Waals surface area (Å²) in [6.45, 7) is 1.56. The van der Waals surface area contributed by atoms with Gasteiger partial charge in [-0.3, -0.25) is 10.1 Å². The van der Waals surface area contributed by atoms with E-state index < -0.39 is 34.8 Å². The molecule has 3 N–H and O–H groups in total. The van der Waals surface area contributed by atoms with Crippen LogP contribution in [0.25, 0.3) is 0 Å². The summed E-state index contributed by atoms with van der Waals surface area (Å²) in [6.07, 6.45) is -4.54. The Labute approximate surface area is 119 Å². The molecule has 2 rings (SSSR count). The lowest BCUT2D eigenvalue weighted by Crippen LogP contribution is -2.55. The maximum absolute atomic E-state index is 10.9. The SMILES string of the molecule is C[C@@H]1O[C@@H](Sc2ccccc2[N+](=O)[O-])[C@@H](O)[C@@H](O)[C@H]1O. The van der Waals surface area contributed by atoms with Crippen LogP contribution in [-0.2, 0) is 4.74 Å². The molecular weight excluding hydrogens is 286 g/mol. The highest BCUT2D eigenvalue weighted by molar-refractivity contribution is 8.00. The van der Waals surface area contributed by atoms with Crippen LogP contribution in [0.3, 0.4) is 0 Å². The molecule has 0 spiro atoms. The van der Waals surface area contributed by atoms with Crippen molar-refractivity contribution in [2.24, 2.45) is 0 Å². The fourth-order valence-corrected chi connectivity index (χ4v) is 3.15. The lowest BCUT2D eigenvalue weighted by molar-refractivity contribution is -0.387. The zero-order valence-corrected chi connectivity index (χ0v) is 11.4. The Morgan fingerprint density at radius 1 is 1.20 bits per heavy atom. The molecule has 8 heteroatoms. The minimum Gasteiger partial charge on any atom is -0.388 e. The zero-order chi connectivity index (χ0) is 14.9. The van der Waals surface area contributed by atoms with Gasteiger partial charge in [-0.1, -0.05) is 23.9 Å². The first-order valence-electron chi connectivity index (χ1n) is 6.01. The molecule has 0 amide bonds. The number of aliphatic hydroxyl groups excluding tert-OH is 3. The Bertz CT molecular complexity index is 499. The molecular formula is C12H15NO6S. The number of benzene rings is 1. The molecule has 0 radical (unpaired) electrons. The average Bonchev–Trinajstić information content (AvgIpc) is 2.43. The maximum atomic E-state index is 10.9. The predicted octanol–water partition coefficient (Wildman–Crippen LogP) is 0.514. The monoisotopic (exact) mass is 301 g/mol. The van der Waals surface area contributed by atoms with E-state index in [0.717, 1.165) is 11.8 Å². The molecule has 1 aliphatic rings. The molecule has 1 fully saturated rings. The van der Waals surface area contributed by atoms with E-state index in [-0.39, 0.29) is 5.69 Å². The Balaban J connectivity index is 2.20. The highest BCUT2D eigenvalue weighted by atomic mass is 32.2. The third kappa shape index (κ3) is 2.94. The smallest absolute Gasteiger partial charge is 0.282 e. The molecule has 1 aromatic carbocycles. The van der Waals surface area contributed by atoms with E-state index in [9.17, 15) is 25.4 Å². The molecule has 7 nitrogen and oxygen atoms in total. The molecule has 110 valence electrons. The summed E-state index contributed by atoms with van der Waals surface area (Å²) in [5, 5.41) is 40.1. The van der Waals surface area contributed by atoms with Crippen molar-refractivity contribution in [2.75, 3.05) is 0 Å². The number of rotatable bonds is 3. The highest BCUT2D eigenvalue weighted by Gasteiger charge is 2.42. The number of hydrogen-bond donors (Lipinski definition) is 3. The standard InChI is InChI=1S/C12H15NO6S/c1-6-9(14)10(15)11(16)12(19-6)20-8-5-3-2-4-7(8)13(17)18/h2-6,9-12,14-16H,1H3/t6-,9-,10-,11-,12-/m0/s1. The predicted molar refractivity (Wildman–Crippen MR) is 71.3 cm³/mol. The van der Waals surface area contributed by atoms with Gasteiger partial charge in [0.2, 0.25) is 0 Å². The minimum atomic E-state index is -1.35. The van der Waals surface area contributed by atoms with Crippen LogP contribution in [-0.4, -0.2) is 50.1 Å². The number of nitro benzene ring substituents is 1. The van der Waals surface area contributed by atoms with Gasteiger partial charge in [0.25, 0.3) is 5.69 Å². The summed E-state index contributed by atoms with van der Waals surface area (Å²) in [6, 6.07) is 6.08. The van der Waals surface area contributed by atoms with Crippen molar-refractivity contribution in [2.45, 2.75) is 41.7 Å². The van der Waals surface area contributed by atoms with Crippen LogP contribution in [0.1, 0.15) is 6.92 Å². The van der Waals surface area contributed by atoms with E-state index in [1.165, 1.54) is 6.07 Å². The van der Waals surface area contributed by atoms with E-state index in [2.05, 4.69) is 0 Å². The molecule has 0 bridgehead atoms. The van der Waals surface area contributed by atoms with Crippen LogP contribution >= 0.6 is 11.8 Å². The number of nitrogens with zero attached hydrogens (tertiary/aromatic N) is 1. The van der Waals surface area contributed by atoms with Crippen molar-refractivity contribution in [3.63, 3.8) is 0 Å². The second-order valence-electron chi connectivity index (χ2n) is 4.52. The molecule has 0 aliphatic carbocycles. The number of thioether (sulfide) groups is 1. The first-order valence-corrected chi connectivity index (χ1v) is 6.89. The molecule has 5 atom stereocenters. The third-order valence-electron chi connectivity index (χ3n) is 3.11. The second-order valence-corrected chi connectivity index (χ2v) is 5.66. The van der Waals surface area contributed by atoms with Crippen molar-refractivity contribution in [3.05, 3.63) is 34.4 Å².